The fraction of sp³-hybridized carbons (Fsp3) is 0.429. The SMILES string of the molecule is CNc1c(N)c(=O)n(C)c(=O)n1C. The molecule has 0 atom stereocenters. The van der Waals surface area contributed by atoms with Gasteiger partial charge in [0.15, 0.2) is 0 Å². The summed E-state index contributed by atoms with van der Waals surface area (Å²) in [5.74, 6) is 0.341. The van der Waals surface area contributed by atoms with Gasteiger partial charge in [-0.15, -0.1) is 0 Å². The minimum absolute atomic E-state index is 0.0482. The monoisotopic (exact) mass is 184 g/mol. The Morgan fingerprint density at radius 3 is 2.23 bits per heavy atom. The third kappa shape index (κ3) is 1.20. The minimum atomic E-state index is -0.479. The van der Waals surface area contributed by atoms with Crippen molar-refractivity contribution in [3.05, 3.63) is 20.8 Å². The molecule has 0 spiro atoms. The molecule has 0 unspecified atom stereocenters. The van der Waals surface area contributed by atoms with E-state index in [1.165, 1.54) is 11.6 Å². The highest BCUT2D eigenvalue weighted by Crippen LogP contribution is 2.07. The summed E-state index contributed by atoms with van der Waals surface area (Å²) in [6.45, 7) is 0. The van der Waals surface area contributed by atoms with Crippen molar-refractivity contribution in [1.29, 1.82) is 0 Å². The van der Waals surface area contributed by atoms with Crippen molar-refractivity contribution >= 4 is 11.5 Å². The average Bonchev–Trinajstić information content (AvgIpc) is 2.13. The first-order valence-electron chi connectivity index (χ1n) is 3.74. The first-order chi connectivity index (χ1) is 6.00. The van der Waals surface area contributed by atoms with Crippen LogP contribution in [0.1, 0.15) is 0 Å². The second-order valence-corrected chi connectivity index (χ2v) is 2.72. The van der Waals surface area contributed by atoms with Gasteiger partial charge in [0.2, 0.25) is 0 Å². The normalized spacial score (nSPS) is 10.1. The zero-order valence-electron chi connectivity index (χ0n) is 7.79. The molecule has 1 rings (SSSR count). The molecule has 0 saturated carbocycles. The predicted octanol–water partition coefficient (Wildman–Crippen LogP) is -1.29. The topological polar surface area (TPSA) is 82.1 Å². The van der Waals surface area contributed by atoms with Gasteiger partial charge in [0, 0.05) is 21.1 Å². The number of anilines is 2. The number of hydrogen-bond acceptors (Lipinski definition) is 4. The number of nitrogens with zero attached hydrogens (tertiary/aromatic N) is 2. The average molecular weight is 184 g/mol. The van der Waals surface area contributed by atoms with E-state index in [1.807, 2.05) is 0 Å². The van der Waals surface area contributed by atoms with Crippen LogP contribution in [0.3, 0.4) is 0 Å². The molecule has 6 heteroatoms. The van der Waals surface area contributed by atoms with E-state index >= 15 is 0 Å². The zero-order valence-corrected chi connectivity index (χ0v) is 7.79. The van der Waals surface area contributed by atoms with Crippen molar-refractivity contribution in [2.45, 2.75) is 0 Å². The zero-order chi connectivity index (χ0) is 10.2. The van der Waals surface area contributed by atoms with E-state index in [-0.39, 0.29) is 5.69 Å². The Bertz CT molecular complexity index is 406. The quantitative estimate of drug-likeness (QED) is 0.569. The summed E-state index contributed by atoms with van der Waals surface area (Å²) < 4.78 is 2.26. The Hall–Kier alpha value is -1.72. The van der Waals surface area contributed by atoms with E-state index in [2.05, 4.69) is 5.32 Å². The van der Waals surface area contributed by atoms with Crippen LogP contribution in [-0.4, -0.2) is 16.2 Å². The first kappa shape index (κ1) is 9.37. The third-order valence-corrected chi connectivity index (χ3v) is 1.94. The molecule has 1 aromatic heterocycles. The number of aromatic nitrogens is 2. The van der Waals surface area contributed by atoms with Crippen LogP contribution in [0.2, 0.25) is 0 Å². The maximum atomic E-state index is 11.4. The summed E-state index contributed by atoms with van der Waals surface area (Å²) in [6, 6.07) is 0. The van der Waals surface area contributed by atoms with Crippen molar-refractivity contribution in [2.24, 2.45) is 14.1 Å². The first-order valence-corrected chi connectivity index (χ1v) is 3.74. The molecule has 0 aliphatic rings. The number of rotatable bonds is 1. The Morgan fingerprint density at radius 1 is 1.23 bits per heavy atom. The standard InChI is InChI=1S/C7H12N4O2/c1-9-5-4(8)6(12)11(3)7(13)10(5)2/h9H,8H2,1-3H3. The van der Waals surface area contributed by atoms with Gasteiger partial charge in [-0.05, 0) is 0 Å². The fourth-order valence-electron chi connectivity index (χ4n) is 1.17. The summed E-state index contributed by atoms with van der Waals surface area (Å²) in [4.78, 5) is 22.7. The second kappa shape index (κ2) is 2.96. The third-order valence-electron chi connectivity index (χ3n) is 1.94. The predicted molar refractivity (Wildman–Crippen MR) is 50.9 cm³/mol. The van der Waals surface area contributed by atoms with E-state index < -0.39 is 11.2 Å². The molecule has 0 aliphatic heterocycles. The van der Waals surface area contributed by atoms with Crippen LogP contribution in [0.15, 0.2) is 9.59 Å². The summed E-state index contributed by atoms with van der Waals surface area (Å²) in [5.41, 5.74) is 4.68. The Balaban J connectivity index is 3.78. The maximum Gasteiger partial charge on any atom is 0.332 e. The fourth-order valence-corrected chi connectivity index (χ4v) is 1.17. The van der Waals surface area contributed by atoms with Crippen LogP contribution < -0.4 is 22.3 Å². The molecule has 0 aromatic carbocycles. The van der Waals surface area contributed by atoms with E-state index in [9.17, 15) is 9.59 Å². The number of nitrogens with one attached hydrogen (secondary N) is 1. The van der Waals surface area contributed by atoms with Crippen LogP contribution >= 0.6 is 0 Å². The molecular weight excluding hydrogens is 172 g/mol. The van der Waals surface area contributed by atoms with Gasteiger partial charge in [0.25, 0.3) is 5.56 Å². The van der Waals surface area contributed by atoms with Gasteiger partial charge in [0.1, 0.15) is 11.5 Å². The molecule has 72 valence electrons. The highest BCUT2D eigenvalue weighted by molar-refractivity contribution is 5.59. The molecule has 0 fully saturated rings. The van der Waals surface area contributed by atoms with E-state index in [4.69, 9.17) is 5.73 Å². The van der Waals surface area contributed by atoms with Crippen molar-refractivity contribution in [3.63, 3.8) is 0 Å². The van der Waals surface area contributed by atoms with Crippen LogP contribution in [0.5, 0.6) is 0 Å². The molecule has 0 saturated heterocycles. The molecule has 1 aromatic rings. The Kier molecular flexibility index (Phi) is 2.14. The molecule has 1 heterocycles. The largest absolute Gasteiger partial charge is 0.391 e. The lowest BCUT2D eigenvalue weighted by Crippen LogP contribution is -2.39. The molecule has 6 nitrogen and oxygen atoms in total. The van der Waals surface area contributed by atoms with E-state index in [0.717, 1.165) is 4.57 Å². The number of nitrogen functional groups attached to an aromatic ring is 1. The van der Waals surface area contributed by atoms with Gasteiger partial charge in [-0.3, -0.25) is 13.9 Å². The highest BCUT2D eigenvalue weighted by atomic mass is 16.2. The van der Waals surface area contributed by atoms with Gasteiger partial charge in [0.05, 0.1) is 0 Å². The summed E-state index contributed by atoms with van der Waals surface area (Å²) >= 11 is 0. The summed E-state index contributed by atoms with van der Waals surface area (Å²) in [6.07, 6.45) is 0. The number of hydrogen-bond donors (Lipinski definition) is 2. The Labute approximate surface area is 74.6 Å². The number of nitrogens with two attached hydrogens (primary N) is 1. The van der Waals surface area contributed by atoms with E-state index in [0.29, 0.717) is 5.82 Å². The van der Waals surface area contributed by atoms with Crippen molar-refractivity contribution in [1.82, 2.24) is 9.13 Å². The maximum absolute atomic E-state index is 11.4. The van der Waals surface area contributed by atoms with Crippen molar-refractivity contribution in [2.75, 3.05) is 18.1 Å². The van der Waals surface area contributed by atoms with Crippen LogP contribution in [0.25, 0.3) is 0 Å². The van der Waals surface area contributed by atoms with Gasteiger partial charge in [-0.2, -0.15) is 0 Å². The summed E-state index contributed by atoms with van der Waals surface area (Å²) in [5, 5.41) is 2.70. The van der Waals surface area contributed by atoms with Crippen molar-refractivity contribution < 1.29 is 0 Å². The molecule has 13 heavy (non-hydrogen) atoms. The van der Waals surface area contributed by atoms with Crippen molar-refractivity contribution in [3.8, 4) is 0 Å². The van der Waals surface area contributed by atoms with Crippen LogP contribution in [0, 0.1) is 0 Å². The molecule has 0 amide bonds. The van der Waals surface area contributed by atoms with Gasteiger partial charge in [-0.1, -0.05) is 0 Å². The van der Waals surface area contributed by atoms with Gasteiger partial charge in [-0.25, -0.2) is 4.79 Å². The van der Waals surface area contributed by atoms with E-state index in [1.54, 1.807) is 14.1 Å². The molecular formula is C7H12N4O2. The molecule has 3 N–H and O–H groups in total. The molecule has 0 bridgehead atoms. The minimum Gasteiger partial charge on any atom is -0.391 e. The molecule has 0 radical (unpaired) electrons. The lowest BCUT2D eigenvalue weighted by molar-refractivity contribution is 0.695. The summed E-state index contributed by atoms with van der Waals surface area (Å²) in [7, 11) is 4.54. The van der Waals surface area contributed by atoms with Crippen LogP contribution in [-0.2, 0) is 14.1 Å². The lowest BCUT2D eigenvalue weighted by atomic mass is 10.4. The second-order valence-electron chi connectivity index (χ2n) is 2.72. The smallest absolute Gasteiger partial charge is 0.332 e. The lowest BCUT2D eigenvalue weighted by Gasteiger charge is -2.10. The van der Waals surface area contributed by atoms with Crippen LogP contribution in [0.4, 0.5) is 11.5 Å². The highest BCUT2D eigenvalue weighted by Gasteiger charge is 2.10. The van der Waals surface area contributed by atoms with Gasteiger partial charge < -0.3 is 11.1 Å². The molecule has 0 aliphatic carbocycles. The van der Waals surface area contributed by atoms with Gasteiger partial charge >= 0.3 is 5.69 Å². The Morgan fingerprint density at radius 2 is 1.77 bits per heavy atom.